The molecule has 20 heavy (non-hydrogen) atoms. The molecule has 3 rings (SSSR count). The van der Waals surface area contributed by atoms with Crippen LogP contribution in [0.15, 0.2) is 18.2 Å². The van der Waals surface area contributed by atoms with Gasteiger partial charge in [-0.05, 0) is 43.6 Å². The Kier molecular flexibility index (Phi) is 3.59. The summed E-state index contributed by atoms with van der Waals surface area (Å²) in [5, 5.41) is 14.0. The van der Waals surface area contributed by atoms with E-state index in [-0.39, 0.29) is 5.69 Å². The van der Waals surface area contributed by atoms with Crippen molar-refractivity contribution in [3.63, 3.8) is 0 Å². The van der Waals surface area contributed by atoms with Crippen LogP contribution < -0.4 is 5.32 Å². The number of nitro benzene ring substituents is 1. The molecule has 0 amide bonds. The van der Waals surface area contributed by atoms with E-state index in [0.29, 0.717) is 11.7 Å². The molecule has 4 nitrogen and oxygen atoms in total. The van der Waals surface area contributed by atoms with Gasteiger partial charge in [0.15, 0.2) is 0 Å². The van der Waals surface area contributed by atoms with E-state index in [2.05, 4.69) is 5.32 Å². The zero-order valence-electron chi connectivity index (χ0n) is 11.3. The molecule has 0 aromatic heterocycles. The number of rotatable bonds is 4. The van der Waals surface area contributed by atoms with Crippen molar-refractivity contribution in [3.8, 4) is 0 Å². The van der Waals surface area contributed by atoms with Gasteiger partial charge in [-0.2, -0.15) is 0 Å². The molecule has 2 aliphatic rings. The Hall–Kier alpha value is -1.65. The summed E-state index contributed by atoms with van der Waals surface area (Å²) in [4.78, 5) is 10.2. The lowest BCUT2D eigenvalue weighted by Crippen LogP contribution is -2.28. The normalized spacial score (nSPS) is 26.2. The Bertz CT molecular complexity index is 517. The molecule has 0 spiro atoms. The molecule has 2 aliphatic carbocycles. The molecule has 0 saturated heterocycles. The van der Waals surface area contributed by atoms with Gasteiger partial charge in [-0.3, -0.25) is 10.1 Å². The molecule has 2 fully saturated rings. The first-order valence-electron chi connectivity index (χ1n) is 7.33. The average molecular weight is 278 g/mol. The number of benzene rings is 1. The number of hydrogen-bond donors (Lipinski definition) is 1. The Morgan fingerprint density at radius 1 is 1.15 bits per heavy atom. The number of nitro groups is 1. The van der Waals surface area contributed by atoms with Crippen LogP contribution in [-0.4, -0.2) is 11.0 Å². The maximum atomic E-state index is 13.4. The van der Waals surface area contributed by atoms with Crippen molar-refractivity contribution in [2.75, 3.05) is 5.32 Å². The van der Waals surface area contributed by atoms with Gasteiger partial charge in [-0.15, -0.1) is 0 Å². The molecule has 2 saturated carbocycles. The molecular weight excluding hydrogens is 259 g/mol. The first kappa shape index (κ1) is 13.3. The number of nitrogens with zero attached hydrogens (tertiary/aromatic N) is 1. The SMILES string of the molecule is O=[N+]([O-])c1cc(F)cc(NC2CCCC(C3CC3)C2)c1. The van der Waals surface area contributed by atoms with E-state index < -0.39 is 10.7 Å². The van der Waals surface area contributed by atoms with Crippen LogP contribution in [0.25, 0.3) is 0 Å². The van der Waals surface area contributed by atoms with E-state index in [4.69, 9.17) is 0 Å². The molecular formula is C15H19FN2O2. The van der Waals surface area contributed by atoms with Gasteiger partial charge < -0.3 is 5.32 Å². The maximum Gasteiger partial charge on any atom is 0.274 e. The van der Waals surface area contributed by atoms with Crippen LogP contribution in [0.4, 0.5) is 15.8 Å². The van der Waals surface area contributed by atoms with Crippen molar-refractivity contribution >= 4 is 11.4 Å². The predicted molar refractivity (Wildman–Crippen MR) is 75.1 cm³/mol. The van der Waals surface area contributed by atoms with Crippen LogP contribution >= 0.6 is 0 Å². The van der Waals surface area contributed by atoms with Gasteiger partial charge in [-0.25, -0.2) is 4.39 Å². The Morgan fingerprint density at radius 2 is 1.95 bits per heavy atom. The van der Waals surface area contributed by atoms with Gasteiger partial charge in [0.05, 0.1) is 11.0 Å². The minimum Gasteiger partial charge on any atom is -0.382 e. The molecule has 1 aromatic rings. The summed E-state index contributed by atoms with van der Waals surface area (Å²) in [6.07, 6.45) is 7.36. The van der Waals surface area contributed by atoms with E-state index in [1.54, 1.807) is 0 Å². The van der Waals surface area contributed by atoms with Crippen LogP contribution in [0.2, 0.25) is 0 Å². The molecule has 2 unspecified atom stereocenters. The lowest BCUT2D eigenvalue weighted by molar-refractivity contribution is -0.385. The Labute approximate surface area is 117 Å². The van der Waals surface area contributed by atoms with Gasteiger partial charge >= 0.3 is 0 Å². The zero-order chi connectivity index (χ0) is 14.1. The average Bonchev–Trinajstić information content (AvgIpc) is 3.22. The standard InChI is InChI=1S/C15H19FN2O2/c16-12-7-14(9-15(8-12)18(19)20)17-13-3-1-2-11(6-13)10-4-5-10/h7-11,13,17H,1-6H2. The second-order valence-corrected chi connectivity index (χ2v) is 6.06. The number of anilines is 1. The van der Waals surface area contributed by atoms with Crippen molar-refractivity contribution in [3.05, 3.63) is 34.1 Å². The van der Waals surface area contributed by atoms with Gasteiger partial charge in [0, 0.05) is 17.8 Å². The fourth-order valence-electron chi connectivity index (χ4n) is 3.35. The minimum absolute atomic E-state index is 0.193. The summed E-state index contributed by atoms with van der Waals surface area (Å²) in [5.41, 5.74) is 0.334. The molecule has 2 atom stereocenters. The second-order valence-electron chi connectivity index (χ2n) is 6.06. The first-order valence-corrected chi connectivity index (χ1v) is 7.33. The largest absolute Gasteiger partial charge is 0.382 e. The topological polar surface area (TPSA) is 55.2 Å². The summed E-state index contributed by atoms with van der Waals surface area (Å²) in [6.45, 7) is 0. The quantitative estimate of drug-likeness (QED) is 0.666. The highest BCUT2D eigenvalue weighted by Crippen LogP contribution is 2.44. The molecule has 1 aromatic carbocycles. The van der Waals surface area contributed by atoms with Crippen LogP contribution in [0, 0.1) is 27.8 Å². The molecule has 108 valence electrons. The van der Waals surface area contributed by atoms with Crippen molar-refractivity contribution in [2.45, 2.75) is 44.6 Å². The third-order valence-electron chi connectivity index (χ3n) is 4.47. The fraction of sp³-hybridized carbons (Fsp3) is 0.600. The molecule has 0 aliphatic heterocycles. The molecule has 0 bridgehead atoms. The highest BCUT2D eigenvalue weighted by Gasteiger charge is 2.34. The van der Waals surface area contributed by atoms with E-state index in [1.807, 2.05) is 0 Å². The zero-order valence-corrected chi connectivity index (χ0v) is 11.3. The summed E-state index contributed by atoms with van der Waals surface area (Å²) < 4.78 is 13.4. The smallest absolute Gasteiger partial charge is 0.274 e. The van der Waals surface area contributed by atoms with Crippen LogP contribution in [0.3, 0.4) is 0 Å². The van der Waals surface area contributed by atoms with Crippen molar-refractivity contribution in [1.82, 2.24) is 0 Å². The second kappa shape index (κ2) is 5.38. The minimum atomic E-state index is -0.559. The van der Waals surface area contributed by atoms with E-state index >= 15 is 0 Å². The first-order chi connectivity index (χ1) is 9.61. The number of halogens is 1. The van der Waals surface area contributed by atoms with Gasteiger partial charge in [0.1, 0.15) is 5.82 Å². The van der Waals surface area contributed by atoms with Crippen LogP contribution in [0.1, 0.15) is 38.5 Å². The number of hydrogen-bond acceptors (Lipinski definition) is 3. The van der Waals surface area contributed by atoms with Gasteiger partial charge in [0.25, 0.3) is 5.69 Å². The third kappa shape index (κ3) is 3.08. The summed E-state index contributed by atoms with van der Waals surface area (Å²) >= 11 is 0. The Morgan fingerprint density at radius 3 is 2.65 bits per heavy atom. The van der Waals surface area contributed by atoms with Gasteiger partial charge in [-0.1, -0.05) is 12.8 Å². The molecule has 0 heterocycles. The molecule has 5 heteroatoms. The monoisotopic (exact) mass is 278 g/mol. The summed E-state index contributed by atoms with van der Waals surface area (Å²) in [7, 11) is 0. The van der Waals surface area contributed by atoms with E-state index in [1.165, 1.54) is 37.8 Å². The van der Waals surface area contributed by atoms with Crippen molar-refractivity contribution < 1.29 is 9.31 Å². The van der Waals surface area contributed by atoms with E-state index in [0.717, 1.165) is 30.7 Å². The van der Waals surface area contributed by atoms with Crippen molar-refractivity contribution in [2.24, 2.45) is 11.8 Å². The number of non-ortho nitro benzene ring substituents is 1. The Balaban J connectivity index is 1.68. The van der Waals surface area contributed by atoms with Crippen LogP contribution in [-0.2, 0) is 0 Å². The highest BCUT2D eigenvalue weighted by atomic mass is 19.1. The molecule has 1 N–H and O–H groups in total. The fourth-order valence-corrected chi connectivity index (χ4v) is 3.35. The lowest BCUT2D eigenvalue weighted by Gasteiger charge is -2.30. The van der Waals surface area contributed by atoms with Crippen LogP contribution in [0.5, 0.6) is 0 Å². The molecule has 0 radical (unpaired) electrons. The van der Waals surface area contributed by atoms with Crippen molar-refractivity contribution in [1.29, 1.82) is 0 Å². The third-order valence-corrected chi connectivity index (χ3v) is 4.47. The predicted octanol–water partition coefficient (Wildman–Crippen LogP) is 4.11. The lowest BCUT2D eigenvalue weighted by atomic mass is 9.82. The van der Waals surface area contributed by atoms with E-state index in [9.17, 15) is 14.5 Å². The highest BCUT2D eigenvalue weighted by molar-refractivity contribution is 5.52. The summed E-state index contributed by atoms with van der Waals surface area (Å²) in [6, 6.07) is 4.03. The van der Waals surface area contributed by atoms with Gasteiger partial charge in [0.2, 0.25) is 0 Å². The summed E-state index contributed by atoms with van der Waals surface area (Å²) in [5.74, 6) is 1.11. The maximum absolute atomic E-state index is 13.4. The number of nitrogens with one attached hydrogen (secondary N) is 1.